The minimum absolute atomic E-state index is 0.0282. The van der Waals surface area contributed by atoms with E-state index >= 15 is 0 Å². The van der Waals surface area contributed by atoms with E-state index in [-0.39, 0.29) is 5.91 Å². The average molecular weight is 254 g/mol. The van der Waals surface area contributed by atoms with Gasteiger partial charge in [-0.2, -0.15) is 0 Å². The maximum atomic E-state index is 11.9. The Morgan fingerprint density at radius 1 is 1.65 bits per heavy atom. The Morgan fingerprint density at radius 3 is 2.88 bits per heavy atom. The van der Waals surface area contributed by atoms with E-state index in [4.69, 9.17) is 10.5 Å². The number of nitrogens with one attached hydrogen (secondary N) is 1. The summed E-state index contributed by atoms with van der Waals surface area (Å²) in [5.74, 6) is 0.0282. The van der Waals surface area contributed by atoms with Crippen LogP contribution in [0.1, 0.15) is 10.4 Å². The predicted molar refractivity (Wildman–Crippen MR) is 68.1 cm³/mol. The van der Waals surface area contributed by atoms with Crippen LogP contribution in [-0.4, -0.2) is 32.2 Å². The zero-order chi connectivity index (χ0) is 12.3. The molecular weight excluding hydrogens is 236 g/mol. The molecule has 1 aromatic heterocycles. The van der Waals surface area contributed by atoms with Gasteiger partial charge in [-0.3, -0.25) is 4.79 Å². The van der Waals surface area contributed by atoms with Gasteiger partial charge in [0.05, 0.1) is 13.2 Å². The number of ether oxygens (including phenoxy) is 1. The molecule has 0 spiro atoms. The van der Waals surface area contributed by atoms with Crippen LogP contribution in [0.5, 0.6) is 0 Å². The van der Waals surface area contributed by atoms with Crippen LogP contribution >= 0.6 is 11.3 Å². The summed E-state index contributed by atoms with van der Waals surface area (Å²) in [7, 11) is 0. The number of nitrogens with two attached hydrogens (primary N) is 1. The molecule has 0 aromatic carbocycles. The molecule has 1 saturated heterocycles. The van der Waals surface area contributed by atoms with Crippen LogP contribution in [0.2, 0.25) is 0 Å². The van der Waals surface area contributed by atoms with Crippen molar-refractivity contribution in [2.75, 3.05) is 26.3 Å². The highest BCUT2D eigenvalue weighted by molar-refractivity contribution is 7.10. The molecule has 5 heteroatoms. The molecule has 17 heavy (non-hydrogen) atoms. The minimum Gasteiger partial charge on any atom is -0.379 e. The number of hydrogen-bond acceptors (Lipinski definition) is 4. The summed E-state index contributed by atoms with van der Waals surface area (Å²) in [6.07, 6.45) is 0.886. The van der Waals surface area contributed by atoms with E-state index in [2.05, 4.69) is 23.7 Å². The van der Waals surface area contributed by atoms with E-state index in [1.54, 1.807) is 11.3 Å². The van der Waals surface area contributed by atoms with Gasteiger partial charge in [0.25, 0.3) is 0 Å². The number of carbonyl (C=O) groups excluding carboxylic acids is 1. The molecule has 1 aliphatic rings. The molecule has 2 heterocycles. The number of aryl methyl sites for hydroxylation is 1. The average Bonchev–Trinajstić information content (AvgIpc) is 2.64. The third kappa shape index (κ3) is 2.51. The van der Waals surface area contributed by atoms with Gasteiger partial charge in [0, 0.05) is 18.0 Å². The zero-order valence-corrected chi connectivity index (χ0v) is 10.8. The van der Waals surface area contributed by atoms with Gasteiger partial charge in [-0.05, 0) is 30.4 Å². The predicted octanol–water partition coefficient (Wildman–Crippen LogP) is 0.691. The highest BCUT2D eigenvalue weighted by Gasteiger charge is 2.44. The molecule has 0 aliphatic carbocycles. The first kappa shape index (κ1) is 12.5. The maximum absolute atomic E-state index is 11.9. The maximum Gasteiger partial charge on any atom is 0.232 e. The van der Waals surface area contributed by atoms with Gasteiger partial charge in [0.15, 0.2) is 0 Å². The Balaban J connectivity index is 1.79. The smallest absolute Gasteiger partial charge is 0.232 e. The monoisotopic (exact) mass is 254 g/mol. The number of hydrogen-bond donors (Lipinski definition) is 2. The van der Waals surface area contributed by atoms with E-state index in [1.165, 1.54) is 10.4 Å². The lowest BCUT2D eigenvalue weighted by molar-refractivity contribution is -0.159. The first-order valence-electron chi connectivity index (χ1n) is 5.77. The first-order chi connectivity index (χ1) is 8.18. The molecule has 94 valence electrons. The molecule has 2 rings (SSSR count). The second-order valence-electron chi connectivity index (χ2n) is 4.51. The Labute approximate surface area is 105 Å². The Morgan fingerprint density at radius 2 is 2.41 bits per heavy atom. The molecule has 0 saturated carbocycles. The number of thiophene rings is 1. The summed E-state index contributed by atoms with van der Waals surface area (Å²) in [5.41, 5.74) is 6.45. The fraction of sp³-hybridized carbons (Fsp3) is 0.583. The third-order valence-corrected chi connectivity index (χ3v) is 4.32. The molecule has 1 fully saturated rings. The lowest BCUT2D eigenvalue weighted by atomic mass is 9.85. The van der Waals surface area contributed by atoms with Gasteiger partial charge in [0.2, 0.25) is 5.91 Å². The molecule has 1 aromatic rings. The largest absolute Gasteiger partial charge is 0.379 e. The number of rotatable bonds is 5. The fourth-order valence-electron chi connectivity index (χ4n) is 1.83. The summed E-state index contributed by atoms with van der Waals surface area (Å²) in [6.45, 7) is 4.02. The summed E-state index contributed by atoms with van der Waals surface area (Å²) >= 11 is 1.73. The van der Waals surface area contributed by atoms with Gasteiger partial charge >= 0.3 is 0 Å². The molecule has 0 unspecified atom stereocenters. The molecule has 0 atom stereocenters. The molecule has 0 radical (unpaired) electrons. The van der Waals surface area contributed by atoms with E-state index in [1.807, 2.05) is 0 Å². The summed E-state index contributed by atoms with van der Waals surface area (Å²) < 4.78 is 5.08. The molecular formula is C12H18N2O2S. The quantitative estimate of drug-likeness (QED) is 0.812. The third-order valence-electron chi connectivity index (χ3n) is 3.23. The molecule has 3 N–H and O–H groups in total. The summed E-state index contributed by atoms with van der Waals surface area (Å²) in [6, 6.07) is 2.10. The Hall–Kier alpha value is -0.910. The van der Waals surface area contributed by atoms with E-state index < -0.39 is 5.41 Å². The van der Waals surface area contributed by atoms with Crippen molar-refractivity contribution in [3.8, 4) is 0 Å². The minimum atomic E-state index is -0.468. The van der Waals surface area contributed by atoms with Crippen LogP contribution in [0, 0.1) is 12.3 Å². The van der Waals surface area contributed by atoms with Gasteiger partial charge in [-0.1, -0.05) is 0 Å². The molecule has 4 nitrogen and oxygen atoms in total. The number of carbonyl (C=O) groups is 1. The van der Waals surface area contributed by atoms with Crippen LogP contribution in [-0.2, 0) is 16.0 Å². The van der Waals surface area contributed by atoms with Crippen LogP contribution in [0.4, 0.5) is 0 Å². The number of amides is 1. The van der Waals surface area contributed by atoms with Crippen molar-refractivity contribution >= 4 is 17.2 Å². The first-order valence-corrected chi connectivity index (χ1v) is 6.65. The SMILES string of the molecule is Cc1ccsc1CCNC(=O)C1(CN)COC1. The fourth-order valence-corrected chi connectivity index (χ4v) is 2.74. The highest BCUT2D eigenvalue weighted by Crippen LogP contribution is 2.26. The van der Waals surface area contributed by atoms with Crippen LogP contribution < -0.4 is 11.1 Å². The standard InChI is InChI=1S/C12H18N2O2S/c1-9-3-5-17-10(9)2-4-14-11(15)12(6-13)7-16-8-12/h3,5H,2,4,6-8,13H2,1H3,(H,14,15). The van der Waals surface area contributed by atoms with E-state index in [0.717, 1.165) is 6.42 Å². The van der Waals surface area contributed by atoms with Crippen molar-refractivity contribution in [2.24, 2.45) is 11.1 Å². The second kappa shape index (κ2) is 5.16. The summed E-state index contributed by atoms with van der Waals surface area (Å²) in [4.78, 5) is 13.3. The topological polar surface area (TPSA) is 64.4 Å². The lowest BCUT2D eigenvalue weighted by Crippen LogP contribution is -2.58. The van der Waals surface area contributed by atoms with E-state index in [9.17, 15) is 4.79 Å². The second-order valence-corrected chi connectivity index (χ2v) is 5.51. The zero-order valence-electron chi connectivity index (χ0n) is 9.99. The summed E-state index contributed by atoms with van der Waals surface area (Å²) in [5, 5.41) is 5.03. The van der Waals surface area contributed by atoms with E-state index in [0.29, 0.717) is 26.3 Å². The molecule has 1 aliphatic heterocycles. The van der Waals surface area contributed by atoms with Crippen LogP contribution in [0.3, 0.4) is 0 Å². The van der Waals surface area contributed by atoms with Gasteiger partial charge in [-0.25, -0.2) is 0 Å². The van der Waals surface area contributed by atoms with Crippen molar-refractivity contribution in [1.82, 2.24) is 5.32 Å². The van der Waals surface area contributed by atoms with Crippen molar-refractivity contribution < 1.29 is 9.53 Å². The van der Waals surface area contributed by atoms with Crippen molar-refractivity contribution in [2.45, 2.75) is 13.3 Å². The normalized spacial score (nSPS) is 17.5. The van der Waals surface area contributed by atoms with Crippen LogP contribution in [0.15, 0.2) is 11.4 Å². The van der Waals surface area contributed by atoms with Crippen LogP contribution in [0.25, 0.3) is 0 Å². The lowest BCUT2D eigenvalue weighted by Gasteiger charge is -2.38. The molecule has 0 bridgehead atoms. The highest BCUT2D eigenvalue weighted by atomic mass is 32.1. The van der Waals surface area contributed by atoms with Gasteiger partial charge < -0.3 is 15.8 Å². The van der Waals surface area contributed by atoms with Crippen molar-refractivity contribution in [3.05, 3.63) is 21.9 Å². The Kier molecular flexibility index (Phi) is 3.81. The van der Waals surface area contributed by atoms with Gasteiger partial charge in [-0.15, -0.1) is 11.3 Å². The Bertz CT molecular complexity index is 393. The van der Waals surface area contributed by atoms with Gasteiger partial charge in [0.1, 0.15) is 5.41 Å². The van der Waals surface area contributed by atoms with Crippen molar-refractivity contribution in [3.63, 3.8) is 0 Å². The molecule has 1 amide bonds. The van der Waals surface area contributed by atoms with Crippen molar-refractivity contribution in [1.29, 1.82) is 0 Å².